The molecule has 0 nitrogen and oxygen atoms in total. The lowest BCUT2D eigenvalue weighted by molar-refractivity contribution is 0.535. The number of hydrogen-bond donors (Lipinski definition) is 0. The number of hydrogen-bond acceptors (Lipinski definition) is 0. The Morgan fingerprint density at radius 1 is 1.27 bits per heavy atom. The summed E-state index contributed by atoms with van der Waals surface area (Å²) in [6.45, 7) is 6.75. The molecule has 0 aromatic heterocycles. The van der Waals surface area contributed by atoms with E-state index in [9.17, 15) is 0 Å². The van der Waals surface area contributed by atoms with Crippen LogP contribution >= 0.6 is 0 Å². The zero-order valence-corrected chi connectivity index (χ0v) is 7.46. The second kappa shape index (κ2) is 3.56. The fourth-order valence-corrected chi connectivity index (χ4v) is 1.08. The maximum atomic E-state index is 3.10. The van der Waals surface area contributed by atoms with Crippen molar-refractivity contribution in [1.29, 1.82) is 0 Å². The third-order valence-electron chi connectivity index (χ3n) is 2.26. The molecule has 1 unspecified atom stereocenters. The fourth-order valence-electron chi connectivity index (χ4n) is 1.08. The monoisotopic (exact) mass is 147 g/mol. The van der Waals surface area contributed by atoms with Crippen molar-refractivity contribution in [2.75, 3.05) is 0 Å². The molecule has 11 heavy (non-hydrogen) atoms. The Morgan fingerprint density at radius 2 is 2.00 bits per heavy atom. The van der Waals surface area contributed by atoms with Crippen LogP contribution in [0.1, 0.15) is 32.3 Å². The Morgan fingerprint density at radius 3 is 2.45 bits per heavy atom. The first-order valence-corrected chi connectivity index (χ1v) is 4.18. The fraction of sp³-hybridized carbons (Fsp3) is 0.455. The molecule has 0 saturated carbocycles. The van der Waals surface area contributed by atoms with Crippen LogP contribution in [0.5, 0.6) is 0 Å². The highest BCUT2D eigenvalue weighted by atomic mass is 14.1. The van der Waals surface area contributed by atoms with Crippen LogP contribution in [0.2, 0.25) is 0 Å². The molecule has 0 saturated heterocycles. The highest BCUT2D eigenvalue weighted by molar-refractivity contribution is 5.18. The standard InChI is InChI=1S/C11H15/c1-9(2)10(3)11-7-5-4-6-8-11/h4-5,7-10H,1-3H3. The van der Waals surface area contributed by atoms with Crippen molar-refractivity contribution >= 4 is 0 Å². The Labute approximate surface area is 69.3 Å². The molecule has 0 heterocycles. The minimum Gasteiger partial charge on any atom is -0.0622 e. The predicted octanol–water partition coefficient (Wildman–Crippen LogP) is 3.25. The summed E-state index contributed by atoms with van der Waals surface area (Å²) in [5, 5.41) is 0. The third kappa shape index (κ3) is 2.07. The lowest BCUT2D eigenvalue weighted by Gasteiger charge is -2.14. The summed E-state index contributed by atoms with van der Waals surface area (Å²) in [4.78, 5) is 0. The largest absolute Gasteiger partial charge is 0.0622 e. The summed E-state index contributed by atoms with van der Waals surface area (Å²) in [7, 11) is 0. The van der Waals surface area contributed by atoms with Crippen molar-refractivity contribution < 1.29 is 0 Å². The van der Waals surface area contributed by atoms with E-state index in [1.807, 2.05) is 12.1 Å². The van der Waals surface area contributed by atoms with Crippen LogP contribution in [0.25, 0.3) is 0 Å². The maximum Gasteiger partial charge on any atom is -0.0167 e. The average Bonchev–Trinajstić information content (AvgIpc) is 2.05. The van der Waals surface area contributed by atoms with Gasteiger partial charge in [-0.25, -0.2) is 0 Å². The van der Waals surface area contributed by atoms with Gasteiger partial charge in [0.25, 0.3) is 0 Å². The summed E-state index contributed by atoms with van der Waals surface area (Å²) >= 11 is 0. The van der Waals surface area contributed by atoms with Crippen molar-refractivity contribution in [3.05, 3.63) is 35.9 Å². The van der Waals surface area contributed by atoms with Gasteiger partial charge in [0.05, 0.1) is 0 Å². The van der Waals surface area contributed by atoms with Crippen molar-refractivity contribution in [2.24, 2.45) is 5.92 Å². The zero-order chi connectivity index (χ0) is 8.27. The number of rotatable bonds is 2. The normalized spacial score (nSPS) is 13.5. The molecule has 1 aromatic carbocycles. The van der Waals surface area contributed by atoms with Gasteiger partial charge < -0.3 is 0 Å². The maximum absolute atomic E-state index is 3.10. The Balaban J connectivity index is 2.77. The Kier molecular flexibility index (Phi) is 2.70. The highest BCUT2D eigenvalue weighted by Crippen LogP contribution is 2.22. The van der Waals surface area contributed by atoms with Crippen molar-refractivity contribution in [3.63, 3.8) is 0 Å². The van der Waals surface area contributed by atoms with E-state index in [4.69, 9.17) is 0 Å². The second-order valence-electron chi connectivity index (χ2n) is 3.37. The van der Waals surface area contributed by atoms with Crippen LogP contribution in [0.4, 0.5) is 0 Å². The van der Waals surface area contributed by atoms with Gasteiger partial charge in [0, 0.05) is 0 Å². The van der Waals surface area contributed by atoms with Crippen LogP contribution in [-0.2, 0) is 0 Å². The van der Waals surface area contributed by atoms with Gasteiger partial charge in [-0.3, -0.25) is 0 Å². The average molecular weight is 147 g/mol. The van der Waals surface area contributed by atoms with Gasteiger partial charge in [0.15, 0.2) is 0 Å². The van der Waals surface area contributed by atoms with Crippen LogP contribution in [-0.4, -0.2) is 0 Å². The summed E-state index contributed by atoms with van der Waals surface area (Å²) in [6.07, 6.45) is 0. The molecule has 1 aromatic rings. The first-order chi connectivity index (χ1) is 5.22. The second-order valence-corrected chi connectivity index (χ2v) is 3.37. The quantitative estimate of drug-likeness (QED) is 0.602. The molecular formula is C11H15. The van der Waals surface area contributed by atoms with E-state index < -0.39 is 0 Å². The first kappa shape index (κ1) is 8.32. The third-order valence-corrected chi connectivity index (χ3v) is 2.26. The molecule has 1 atom stereocenters. The topological polar surface area (TPSA) is 0 Å². The van der Waals surface area contributed by atoms with E-state index in [-0.39, 0.29) is 0 Å². The molecule has 0 N–H and O–H groups in total. The molecule has 1 radical (unpaired) electrons. The molecule has 0 aliphatic carbocycles. The Hall–Kier alpha value is -0.780. The van der Waals surface area contributed by atoms with E-state index in [1.54, 1.807) is 0 Å². The lowest BCUT2D eigenvalue weighted by Crippen LogP contribution is -2.00. The van der Waals surface area contributed by atoms with E-state index in [2.05, 4.69) is 39.0 Å². The molecule has 0 amide bonds. The highest BCUT2D eigenvalue weighted by Gasteiger charge is 2.07. The molecule has 0 spiro atoms. The molecule has 0 bridgehead atoms. The summed E-state index contributed by atoms with van der Waals surface area (Å²) < 4.78 is 0. The van der Waals surface area contributed by atoms with Gasteiger partial charge in [-0.15, -0.1) is 0 Å². The Bertz CT molecular complexity index is 199. The van der Waals surface area contributed by atoms with Crippen LogP contribution in [0.3, 0.4) is 0 Å². The van der Waals surface area contributed by atoms with E-state index in [0.29, 0.717) is 11.8 Å². The first-order valence-electron chi connectivity index (χ1n) is 4.18. The summed E-state index contributed by atoms with van der Waals surface area (Å²) in [5.41, 5.74) is 1.39. The van der Waals surface area contributed by atoms with Crippen molar-refractivity contribution in [1.82, 2.24) is 0 Å². The molecular weight excluding hydrogens is 132 g/mol. The summed E-state index contributed by atoms with van der Waals surface area (Å²) in [6, 6.07) is 11.3. The molecule has 0 heteroatoms. The van der Waals surface area contributed by atoms with Gasteiger partial charge in [0.1, 0.15) is 0 Å². The predicted molar refractivity (Wildman–Crippen MR) is 48.5 cm³/mol. The van der Waals surface area contributed by atoms with Crippen LogP contribution < -0.4 is 0 Å². The van der Waals surface area contributed by atoms with Crippen LogP contribution in [0, 0.1) is 12.0 Å². The summed E-state index contributed by atoms with van der Waals surface area (Å²) in [5.74, 6) is 1.36. The van der Waals surface area contributed by atoms with E-state index >= 15 is 0 Å². The van der Waals surface area contributed by atoms with Crippen molar-refractivity contribution in [3.8, 4) is 0 Å². The smallest absolute Gasteiger partial charge is 0.0167 e. The van der Waals surface area contributed by atoms with Gasteiger partial charge >= 0.3 is 0 Å². The zero-order valence-electron chi connectivity index (χ0n) is 7.46. The molecule has 0 aliphatic heterocycles. The molecule has 0 aliphatic rings. The molecule has 1 rings (SSSR count). The molecule has 0 fully saturated rings. The van der Waals surface area contributed by atoms with E-state index in [1.165, 1.54) is 5.56 Å². The van der Waals surface area contributed by atoms with Gasteiger partial charge in [0.2, 0.25) is 0 Å². The van der Waals surface area contributed by atoms with Crippen molar-refractivity contribution in [2.45, 2.75) is 26.7 Å². The minimum atomic E-state index is 0.646. The van der Waals surface area contributed by atoms with Gasteiger partial charge in [-0.1, -0.05) is 45.0 Å². The minimum absolute atomic E-state index is 0.646. The molecule has 59 valence electrons. The van der Waals surface area contributed by atoms with Crippen LogP contribution in [0.15, 0.2) is 24.3 Å². The van der Waals surface area contributed by atoms with E-state index in [0.717, 1.165) is 0 Å². The van der Waals surface area contributed by atoms with Gasteiger partial charge in [-0.2, -0.15) is 0 Å². The lowest BCUT2D eigenvalue weighted by atomic mass is 9.91. The number of benzene rings is 1. The van der Waals surface area contributed by atoms with Gasteiger partial charge in [-0.05, 0) is 23.5 Å². The SMILES string of the molecule is CC(C)C(C)c1c[c]ccc1.